The number of carbonyl (C=O) groups is 1. The lowest BCUT2D eigenvalue weighted by molar-refractivity contribution is -0.133. The Morgan fingerprint density at radius 3 is 2.68 bits per heavy atom. The van der Waals surface area contributed by atoms with Gasteiger partial charge in [0.25, 0.3) is 0 Å². The fourth-order valence-electron chi connectivity index (χ4n) is 2.68. The lowest BCUT2D eigenvalue weighted by atomic mass is 10.1. The van der Waals surface area contributed by atoms with E-state index in [0.29, 0.717) is 6.42 Å². The highest BCUT2D eigenvalue weighted by molar-refractivity contribution is 8.14. The molecule has 0 saturated heterocycles. The van der Waals surface area contributed by atoms with Crippen molar-refractivity contribution in [3.05, 3.63) is 59.5 Å². The van der Waals surface area contributed by atoms with E-state index in [2.05, 4.69) is 52.7 Å². The molecule has 4 rings (SSSR count). The normalized spacial score (nSPS) is 13.8. The number of benzene rings is 2. The minimum absolute atomic E-state index is 0.0222. The fraction of sp³-hybridized carbons (Fsp3) is 0.105. The number of aliphatic carboxylic acids is 1. The van der Waals surface area contributed by atoms with E-state index in [-0.39, 0.29) is 5.75 Å². The quantitative estimate of drug-likeness (QED) is 0.715. The molecular formula is C19H14N2O2S2. The summed E-state index contributed by atoms with van der Waals surface area (Å²) in [6.45, 7) is 0. The Labute approximate surface area is 152 Å². The molecule has 1 aromatic heterocycles. The van der Waals surface area contributed by atoms with E-state index in [1.54, 1.807) is 11.3 Å². The fourth-order valence-corrected chi connectivity index (χ4v) is 4.29. The maximum Gasteiger partial charge on any atom is 0.313 e. The van der Waals surface area contributed by atoms with Crippen LogP contribution in [-0.4, -0.2) is 27.6 Å². The highest BCUT2D eigenvalue weighted by atomic mass is 32.2. The summed E-state index contributed by atoms with van der Waals surface area (Å²) >= 11 is 2.92. The lowest BCUT2D eigenvalue weighted by Crippen LogP contribution is -2.04. The molecule has 1 N–H and O–H groups in total. The zero-order valence-electron chi connectivity index (χ0n) is 13.2. The Morgan fingerprint density at radius 1 is 1.04 bits per heavy atom. The number of hydrogen-bond donors (Lipinski definition) is 1. The van der Waals surface area contributed by atoms with Gasteiger partial charge in [0.2, 0.25) is 0 Å². The van der Waals surface area contributed by atoms with Crippen LogP contribution in [0.1, 0.15) is 11.3 Å². The molecule has 25 heavy (non-hydrogen) atoms. The first-order chi connectivity index (χ1) is 12.2. The largest absolute Gasteiger partial charge is 0.481 e. The number of fused-ring (bicyclic) bond motifs is 1. The zero-order valence-corrected chi connectivity index (χ0v) is 14.8. The zero-order chi connectivity index (χ0) is 17.2. The number of thiophene rings is 1. The molecule has 3 aromatic rings. The van der Waals surface area contributed by atoms with Gasteiger partial charge in [-0.3, -0.25) is 4.79 Å². The van der Waals surface area contributed by atoms with Crippen LogP contribution in [0.2, 0.25) is 0 Å². The van der Waals surface area contributed by atoms with Gasteiger partial charge in [0.05, 0.1) is 16.3 Å². The Balaban J connectivity index is 1.52. The maximum absolute atomic E-state index is 10.6. The van der Waals surface area contributed by atoms with E-state index in [1.165, 1.54) is 33.0 Å². The first kappa shape index (κ1) is 16.1. The van der Waals surface area contributed by atoms with Gasteiger partial charge in [-0.25, -0.2) is 0 Å². The van der Waals surface area contributed by atoms with Crippen LogP contribution in [0, 0.1) is 0 Å². The second-order valence-electron chi connectivity index (χ2n) is 5.63. The molecule has 0 radical (unpaired) electrons. The van der Waals surface area contributed by atoms with Crippen molar-refractivity contribution >= 4 is 50.6 Å². The highest BCUT2D eigenvalue weighted by Crippen LogP contribution is 2.32. The molecule has 0 spiro atoms. The number of carboxylic acid groups (broad SMARTS) is 1. The second kappa shape index (κ2) is 6.82. The summed E-state index contributed by atoms with van der Waals surface area (Å²) in [6, 6.07) is 19.0. The number of carboxylic acids is 1. The van der Waals surface area contributed by atoms with Crippen LogP contribution in [0.15, 0.2) is 64.8 Å². The van der Waals surface area contributed by atoms with Gasteiger partial charge in [0.15, 0.2) is 0 Å². The molecule has 0 atom stereocenters. The average molecular weight is 366 g/mol. The van der Waals surface area contributed by atoms with Crippen LogP contribution >= 0.6 is 23.1 Å². The Bertz CT molecular complexity index is 1020. The molecule has 0 fully saturated rings. The summed E-state index contributed by atoms with van der Waals surface area (Å²) < 4.78 is 0. The van der Waals surface area contributed by atoms with Crippen molar-refractivity contribution in [2.75, 3.05) is 5.75 Å². The Morgan fingerprint density at radius 2 is 1.84 bits per heavy atom. The van der Waals surface area contributed by atoms with Gasteiger partial charge >= 0.3 is 5.97 Å². The molecule has 0 amide bonds. The number of thioether (sulfide) groups is 1. The van der Waals surface area contributed by atoms with Crippen molar-refractivity contribution < 1.29 is 9.90 Å². The summed E-state index contributed by atoms with van der Waals surface area (Å²) in [5.41, 5.74) is 2.10. The number of rotatable bonds is 4. The van der Waals surface area contributed by atoms with E-state index >= 15 is 0 Å². The number of hydrogen-bond acceptors (Lipinski definition) is 5. The topological polar surface area (TPSA) is 62.0 Å². The summed E-state index contributed by atoms with van der Waals surface area (Å²) in [5.74, 6) is -0.815. The van der Waals surface area contributed by atoms with Crippen LogP contribution in [0.3, 0.4) is 0 Å². The van der Waals surface area contributed by atoms with E-state index < -0.39 is 5.97 Å². The van der Waals surface area contributed by atoms with Crippen LogP contribution < -0.4 is 0 Å². The third-order valence-electron chi connectivity index (χ3n) is 3.89. The van der Waals surface area contributed by atoms with Gasteiger partial charge in [-0.05, 0) is 34.5 Å². The van der Waals surface area contributed by atoms with Crippen molar-refractivity contribution in [3.8, 4) is 10.4 Å². The van der Waals surface area contributed by atoms with Crippen LogP contribution in [0.5, 0.6) is 0 Å². The van der Waals surface area contributed by atoms with Crippen molar-refractivity contribution in [1.29, 1.82) is 0 Å². The minimum Gasteiger partial charge on any atom is -0.481 e. The molecule has 0 bridgehead atoms. The average Bonchev–Trinajstić information content (AvgIpc) is 3.29. The van der Waals surface area contributed by atoms with E-state index in [1.807, 2.05) is 12.1 Å². The van der Waals surface area contributed by atoms with Crippen molar-refractivity contribution in [3.63, 3.8) is 0 Å². The summed E-state index contributed by atoms with van der Waals surface area (Å²) in [6.07, 6.45) is 0.607. The Hall–Kier alpha value is -2.44. The van der Waals surface area contributed by atoms with Gasteiger partial charge in [-0.2, -0.15) is 5.10 Å². The van der Waals surface area contributed by atoms with Crippen LogP contribution in [-0.2, 0) is 4.79 Å². The molecule has 1 aliphatic heterocycles. The SMILES string of the molecule is O=C(O)CSC1=NN=C(c2ccc(-c3ccc4ccccc4c3)s2)C1. The smallest absolute Gasteiger partial charge is 0.313 e. The minimum atomic E-state index is -0.837. The molecule has 2 heterocycles. The first-order valence-corrected chi connectivity index (χ1v) is 9.56. The van der Waals surface area contributed by atoms with Crippen molar-refractivity contribution in [2.24, 2.45) is 10.2 Å². The lowest BCUT2D eigenvalue weighted by Gasteiger charge is -2.01. The molecule has 0 aliphatic carbocycles. The predicted octanol–water partition coefficient (Wildman–Crippen LogP) is 4.89. The van der Waals surface area contributed by atoms with E-state index in [9.17, 15) is 4.79 Å². The van der Waals surface area contributed by atoms with Gasteiger partial charge < -0.3 is 5.11 Å². The first-order valence-electron chi connectivity index (χ1n) is 7.76. The predicted molar refractivity (Wildman–Crippen MR) is 106 cm³/mol. The van der Waals surface area contributed by atoms with Gasteiger partial charge in [-0.15, -0.1) is 16.4 Å². The molecule has 2 aromatic carbocycles. The van der Waals surface area contributed by atoms with Crippen molar-refractivity contribution in [2.45, 2.75) is 6.42 Å². The standard InChI is InChI=1S/C19H14N2O2S2/c22-19(23)11-24-18-10-15(20-21-18)17-8-7-16(25-17)14-6-5-12-3-1-2-4-13(12)9-14/h1-9H,10-11H2,(H,22,23). The highest BCUT2D eigenvalue weighted by Gasteiger charge is 2.18. The van der Waals surface area contributed by atoms with Crippen molar-refractivity contribution in [1.82, 2.24) is 0 Å². The summed E-state index contributed by atoms with van der Waals surface area (Å²) in [7, 11) is 0. The molecule has 4 nitrogen and oxygen atoms in total. The van der Waals surface area contributed by atoms with Gasteiger partial charge in [0.1, 0.15) is 5.04 Å². The molecule has 124 valence electrons. The number of nitrogens with zero attached hydrogens (tertiary/aromatic N) is 2. The van der Waals surface area contributed by atoms with Gasteiger partial charge in [0, 0.05) is 11.3 Å². The molecule has 1 aliphatic rings. The van der Waals surface area contributed by atoms with E-state index in [4.69, 9.17) is 5.11 Å². The molecule has 0 saturated carbocycles. The van der Waals surface area contributed by atoms with E-state index in [0.717, 1.165) is 15.6 Å². The van der Waals surface area contributed by atoms with Crippen LogP contribution in [0.25, 0.3) is 21.2 Å². The second-order valence-corrected chi connectivity index (χ2v) is 7.76. The van der Waals surface area contributed by atoms with Crippen LogP contribution in [0.4, 0.5) is 0 Å². The third-order valence-corrected chi connectivity index (χ3v) is 6.02. The monoisotopic (exact) mass is 366 g/mol. The molecule has 0 unspecified atom stereocenters. The third kappa shape index (κ3) is 3.50. The molecule has 6 heteroatoms. The maximum atomic E-state index is 10.6. The summed E-state index contributed by atoms with van der Waals surface area (Å²) in [4.78, 5) is 12.9. The molecular weight excluding hydrogens is 352 g/mol. The summed E-state index contributed by atoms with van der Waals surface area (Å²) in [5, 5.41) is 20.3. The van der Waals surface area contributed by atoms with Gasteiger partial charge in [-0.1, -0.05) is 48.2 Å². The Kier molecular flexibility index (Phi) is 4.38.